The van der Waals surface area contributed by atoms with Crippen LogP contribution in [0.3, 0.4) is 0 Å². The SMILES string of the molecule is O=C(NCC1CC1)[C@@]12CCCN(c3ncccn3)[C@@H]1CN(c1ncccn1)C2. The smallest absolute Gasteiger partial charge is 0.230 e. The fourth-order valence-corrected chi connectivity index (χ4v) is 4.61. The maximum atomic E-state index is 13.4. The zero-order valence-electron chi connectivity index (χ0n) is 15.9. The molecule has 0 bridgehead atoms. The minimum absolute atomic E-state index is 0.00617. The van der Waals surface area contributed by atoms with Crippen molar-refractivity contribution in [2.45, 2.75) is 31.7 Å². The Bertz CT molecular complexity index is 829. The molecule has 1 N–H and O–H groups in total. The van der Waals surface area contributed by atoms with Crippen molar-refractivity contribution in [1.82, 2.24) is 25.3 Å². The molecule has 1 saturated carbocycles. The van der Waals surface area contributed by atoms with Crippen LogP contribution in [0, 0.1) is 11.3 Å². The van der Waals surface area contributed by atoms with E-state index in [2.05, 4.69) is 35.1 Å². The summed E-state index contributed by atoms with van der Waals surface area (Å²) < 4.78 is 0. The molecule has 2 atom stereocenters. The van der Waals surface area contributed by atoms with Gasteiger partial charge in [-0.05, 0) is 43.7 Å². The van der Waals surface area contributed by atoms with Crippen molar-refractivity contribution >= 4 is 17.8 Å². The molecule has 0 spiro atoms. The third-order valence-electron chi connectivity index (χ3n) is 6.25. The van der Waals surface area contributed by atoms with E-state index >= 15 is 0 Å². The molecule has 8 nitrogen and oxygen atoms in total. The summed E-state index contributed by atoms with van der Waals surface area (Å²) in [4.78, 5) is 35.6. The number of piperidine rings is 1. The average molecular weight is 379 g/mol. The van der Waals surface area contributed by atoms with Gasteiger partial charge in [0, 0.05) is 51.0 Å². The number of aromatic nitrogens is 4. The molecule has 2 aromatic heterocycles. The molecule has 146 valence electrons. The summed E-state index contributed by atoms with van der Waals surface area (Å²) in [6.07, 6.45) is 11.3. The number of amides is 1. The van der Waals surface area contributed by atoms with Gasteiger partial charge in [-0.2, -0.15) is 0 Å². The fraction of sp³-hybridized carbons (Fsp3) is 0.550. The third-order valence-corrected chi connectivity index (χ3v) is 6.25. The predicted octanol–water partition coefficient (Wildman–Crippen LogP) is 1.27. The van der Waals surface area contributed by atoms with Crippen LogP contribution in [0.25, 0.3) is 0 Å². The van der Waals surface area contributed by atoms with E-state index in [0.29, 0.717) is 30.9 Å². The Morgan fingerprint density at radius 3 is 2.43 bits per heavy atom. The molecule has 5 rings (SSSR count). The molecule has 1 aliphatic carbocycles. The number of carbonyl (C=O) groups excluding carboxylic acids is 1. The lowest BCUT2D eigenvalue weighted by molar-refractivity contribution is -0.131. The first-order valence-electron chi connectivity index (χ1n) is 10.1. The van der Waals surface area contributed by atoms with Crippen molar-refractivity contribution in [3.8, 4) is 0 Å². The number of fused-ring (bicyclic) bond motifs is 1. The van der Waals surface area contributed by atoms with Crippen LogP contribution in [-0.2, 0) is 4.79 Å². The lowest BCUT2D eigenvalue weighted by atomic mass is 9.74. The molecule has 0 radical (unpaired) electrons. The lowest BCUT2D eigenvalue weighted by Crippen LogP contribution is -2.59. The van der Waals surface area contributed by atoms with Crippen molar-refractivity contribution in [3.63, 3.8) is 0 Å². The van der Waals surface area contributed by atoms with E-state index < -0.39 is 5.41 Å². The van der Waals surface area contributed by atoms with Gasteiger partial charge in [0.05, 0.1) is 11.5 Å². The highest BCUT2D eigenvalue weighted by atomic mass is 16.2. The van der Waals surface area contributed by atoms with Crippen molar-refractivity contribution in [1.29, 1.82) is 0 Å². The average Bonchev–Trinajstić information content (AvgIpc) is 3.50. The summed E-state index contributed by atoms with van der Waals surface area (Å²) in [5, 5.41) is 3.25. The maximum Gasteiger partial charge on any atom is 0.230 e. The zero-order valence-corrected chi connectivity index (χ0v) is 15.9. The van der Waals surface area contributed by atoms with E-state index in [9.17, 15) is 4.79 Å². The second-order valence-electron chi connectivity index (χ2n) is 8.10. The van der Waals surface area contributed by atoms with Crippen LogP contribution in [0.5, 0.6) is 0 Å². The van der Waals surface area contributed by atoms with Crippen LogP contribution in [-0.4, -0.2) is 58.1 Å². The topological polar surface area (TPSA) is 87.1 Å². The molecule has 3 aliphatic rings. The van der Waals surface area contributed by atoms with E-state index in [4.69, 9.17) is 0 Å². The molecule has 8 heteroatoms. The molecule has 4 heterocycles. The number of carbonyl (C=O) groups is 1. The van der Waals surface area contributed by atoms with E-state index in [-0.39, 0.29) is 11.9 Å². The molecular weight excluding hydrogens is 354 g/mol. The van der Waals surface area contributed by atoms with Crippen LogP contribution in [0.15, 0.2) is 36.9 Å². The van der Waals surface area contributed by atoms with Crippen molar-refractivity contribution in [2.24, 2.45) is 11.3 Å². The largest absolute Gasteiger partial charge is 0.355 e. The number of hydrogen-bond acceptors (Lipinski definition) is 7. The third kappa shape index (κ3) is 3.06. The molecule has 28 heavy (non-hydrogen) atoms. The fourth-order valence-electron chi connectivity index (χ4n) is 4.61. The first-order chi connectivity index (χ1) is 13.8. The molecular formula is C20H25N7O. The Morgan fingerprint density at radius 1 is 1.07 bits per heavy atom. The number of rotatable bonds is 5. The highest BCUT2D eigenvalue weighted by molar-refractivity contribution is 5.86. The first kappa shape index (κ1) is 17.3. The zero-order chi connectivity index (χ0) is 19.0. The number of hydrogen-bond donors (Lipinski definition) is 1. The first-order valence-corrected chi connectivity index (χ1v) is 10.1. The van der Waals surface area contributed by atoms with Crippen molar-refractivity contribution in [3.05, 3.63) is 36.9 Å². The van der Waals surface area contributed by atoms with Gasteiger partial charge in [0.25, 0.3) is 0 Å². The molecule has 0 aromatic carbocycles. The van der Waals surface area contributed by atoms with Crippen LogP contribution < -0.4 is 15.1 Å². The van der Waals surface area contributed by atoms with Crippen LogP contribution >= 0.6 is 0 Å². The predicted molar refractivity (Wildman–Crippen MR) is 105 cm³/mol. The van der Waals surface area contributed by atoms with Gasteiger partial charge in [-0.15, -0.1) is 0 Å². The van der Waals surface area contributed by atoms with Gasteiger partial charge < -0.3 is 15.1 Å². The van der Waals surface area contributed by atoms with Crippen LogP contribution in [0.2, 0.25) is 0 Å². The van der Waals surface area contributed by atoms with Gasteiger partial charge in [0.2, 0.25) is 17.8 Å². The standard InChI is InChI=1S/C20H25N7O/c28-17(25-12-15-4-5-15)20-6-1-11-27(19-23-9-3-10-24-19)16(20)13-26(14-20)18-21-7-2-8-22-18/h2-3,7-10,15-16H,1,4-6,11-14H2,(H,25,28)/t16-,20-/m1/s1. The lowest BCUT2D eigenvalue weighted by Gasteiger charge is -2.44. The maximum absolute atomic E-state index is 13.4. The minimum Gasteiger partial charge on any atom is -0.355 e. The van der Waals surface area contributed by atoms with Gasteiger partial charge in [-0.1, -0.05) is 0 Å². The second kappa shape index (κ2) is 7.00. The van der Waals surface area contributed by atoms with Gasteiger partial charge in [0.1, 0.15) is 0 Å². The Labute approximate surface area is 164 Å². The van der Waals surface area contributed by atoms with E-state index in [0.717, 1.165) is 25.9 Å². The normalized spacial score (nSPS) is 26.8. The Kier molecular flexibility index (Phi) is 4.33. The Hall–Kier alpha value is -2.77. The van der Waals surface area contributed by atoms with Gasteiger partial charge in [-0.25, -0.2) is 19.9 Å². The summed E-state index contributed by atoms with van der Waals surface area (Å²) in [5.41, 5.74) is -0.495. The summed E-state index contributed by atoms with van der Waals surface area (Å²) >= 11 is 0. The quantitative estimate of drug-likeness (QED) is 0.837. The summed E-state index contributed by atoms with van der Waals surface area (Å²) in [6, 6.07) is 3.64. The van der Waals surface area contributed by atoms with E-state index in [1.807, 2.05) is 12.1 Å². The van der Waals surface area contributed by atoms with E-state index in [1.54, 1.807) is 24.8 Å². The summed E-state index contributed by atoms with van der Waals surface area (Å²) in [6.45, 7) is 2.97. The number of nitrogens with one attached hydrogen (secondary N) is 1. The Balaban J connectivity index is 1.47. The van der Waals surface area contributed by atoms with Gasteiger partial charge in [0.15, 0.2) is 0 Å². The van der Waals surface area contributed by atoms with Crippen molar-refractivity contribution in [2.75, 3.05) is 36.0 Å². The molecule has 2 saturated heterocycles. The number of nitrogens with zero attached hydrogens (tertiary/aromatic N) is 6. The number of anilines is 2. The van der Waals surface area contributed by atoms with Gasteiger partial charge in [-0.3, -0.25) is 4.79 Å². The molecule has 2 aliphatic heterocycles. The van der Waals surface area contributed by atoms with Crippen LogP contribution in [0.1, 0.15) is 25.7 Å². The molecule has 0 unspecified atom stereocenters. The molecule has 1 amide bonds. The minimum atomic E-state index is -0.495. The highest BCUT2D eigenvalue weighted by Gasteiger charge is 2.57. The molecule has 2 aromatic rings. The molecule has 3 fully saturated rings. The van der Waals surface area contributed by atoms with E-state index in [1.165, 1.54) is 12.8 Å². The summed E-state index contributed by atoms with van der Waals surface area (Å²) in [7, 11) is 0. The Morgan fingerprint density at radius 2 is 1.75 bits per heavy atom. The van der Waals surface area contributed by atoms with Gasteiger partial charge >= 0.3 is 0 Å². The summed E-state index contributed by atoms with van der Waals surface area (Å²) in [5.74, 6) is 2.19. The second-order valence-corrected chi connectivity index (χ2v) is 8.10. The monoisotopic (exact) mass is 379 g/mol. The highest BCUT2D eigenvalue weighted by Crippen LogP contribution is 2.44. The van der Waals surface area contributed by atoms with Crippen molar-refractivity contribution < 1.29 is 4.79 Å². The van der Waals surface area contributed by atoms with Crippen LogP contribution in [0.4, 0.5) is 11.9 Å².